The van der Waals surface area contributed by atoms with Gasteiger partial charge in [0.05, 0.1) is 4.90 Å². The Morgan fingerprint density at radius 2 is 1.77 bits per heavy atom. The number of hydrogen-bond donors (Lipinski definition) is 1. The normalized spacial score (nSPS) is 15.2. The van der Waals surface area contributed by atoms with Crippen LogP contribution in [0.5, 0.6) is 0 Å². The van der Waals surface area contributed by atoms with Gasteiger partial charge in [-0.3, -0.25) is 9.59 Å². The Morgan fingerprint density at radius 3 is 2.43 bits per heavy atom. The van der Waals surface area contributed by atoms with Crippen molar-refractivity contribution in [2.75, 3.05) is 13.6 Å². The molecule has 2 aromatic rings. The molecule has 1 N–H and O–H groups in total. The number of amides is 2. The number of sulfonamides is 1. The number of carbonyl (C=O) groups excluding carboxylic acids is 2. The predicted octanol–water partition coefficient (Wildman–Crippen LogP) is 4.22. The van der Waals surface area contributed by atoms with Crippen LogP contribution in [0.4, 0.5) is 0 Å². The van der Waals surface area contributed by atoms with E-state index in [2.05, 4.69) is 5.32 Å². The van der Waals surface area contributed by atoms with Crippen LogP contribution in [0, 0.1) is 0 Å². The Balaban J connectivity index is 1.65. The molecule has 2 aromatic carbocycles. The lowest BCUT2D eigenvalue weighted by Gasteiger charge is -2.30. The lowest BCUT2D eigenvalue weighted by Crippen LogP contribution is -2.49. The second-order valence-electron chi connectivity index (χ2n) is 9.06. The molecule has 0 unspecified atom stereocenters. The van der Waals surface area contributed by atoms with E-state index in [1.807, 2.05) is 12.1 Å². The molecule has 7 nitrogen and oxygen atoms in total. The van der Waals surface area contributed by atoms with Crippen LogP contribution >= 0.6 is 11.6 Å². The third-order valence-corrected chi connectivity index (χ3v) is 8.53. The molecule has 0 spiro atoms. The lowest BCUT2D eigenvalue weighted by molar-refractivity contribution is -0.141. The monoisotopic (exact) mass is 519 g/mol. The Kier molecular flexibility index (Phi) is 9.71. The molecule has 1 fully saturated rings. The summed E-state index contributed by atoms with van der Waals surface area (Å²) in [4.78, 5) is 28.0. The van der Waals surface area contributed by atoms with E-state index in [-0.39, 0.29) is 42.3 Å². The summed E-state index contributed by atoms with van der Waals surface area (Å²) in [5.74, 6) is -0.374. The Labute approximate surface area is 213 Å². The zero-order valence-electron chi connectivity index (χ0n) is 20.3. The van der Waals surface area contributed by atoms with Crippen LogP contribution in [0.2, 0.25) is 5.02 Å². The van der Waals surface area contributed by atoms with Crippen LogP contribution in [-0.2, 0) is 26.2 Å². The molecule has 1 atom stereocenters. The van der Waals surface area contributed by atoms with Gasteiger partial charge >= 0.3 is 0 Å². The first-order chi connectivity index (χ1) is 16.7. The van der Waals surface area contributed by atoms with E-state index >= 15 is 0 Å². The Hall–Kier alpha value is -2.42. The van der Waals surface area contributed by atoms with Gasteiger partial charge in [-0.15, -0.1) is 0 Å². The summed E-state index contributed by atoms with van der Waals surface area (Å²) in [6, 6.07) is 14.9. The molecule has 0 bridgehead atoms. The summed E-state index contributed by atoms with van der Waals surface area (Å²) in [6.07, 6.45) is 4.58. The van der Waals surface area contributed by atoms with Crippen LogP contribution in [0.3, 0.4) is 0 Å². The largest absolute Gasteiger partial charge is 0.352 e. The highest BCUT2D eigenvalue weighted by molar-refractivity contribution is 7.89. The van der Waals surface area contributed by atoms with Gasteiger partial charge in [0.1, 0.15) is 6.04 Å². The fraction of sp³-hybridized carbons (Fsp3) is 0.462. The Bertz CT molecular complexity index is 1100. The van der Waals surface area contributed by atoms with Gasteiger partial charge < -0.3 is 10.2 Å². The quantitative estimate of drug-likeness (QED) is 0.481. The van der Waals surface area contributed by atoms with Crippen LogP contribution < -0.4 is 5.32 Å². The van der Waals surface area contributed by atoms with Crippen molar-refractivity contribution >= 4 is 33.4 Å². The molecule has 0 aromatic heterocycles. The van der Waals surface area contributed by atoms with Crippen molar-refractivity contribution in [1.82, 2.24) is 14.5 Å². The highest BCUT2D eigenvalue weighted by Crippen LogP contribution is 2.20. The van der Waals surface area contributed by atoms with Gasteiger partial charge in [-0.05, 0) is 56.0 Å². The molecule has 1 saturated carbocycles. The zero-order chi connectivity index (χ0) is 25.4. The van der Waals surface area contributed by atoms with E-state index in [1.54, 1.807) is 54.3 Å². The molecule has 0 heterocycles. The van der Waals surface area contributed by atoms with Crippen LogP contribution in [0.25, 0.3) is 0 Å². The number of benzene rings is 2. The SMILES string of the molecule is C[C@@H](C(=O)NC1CCCC1)N(Cc1cccc(Cl)c1)C(=O)CCCN(C)S(=O)(=O)c1ccccc1. The van der Waals surface area contributed by atoms with Gasteiger partial charge in [0.15, 0.2) is 0 Å². The predicted molar refractivity (Wildman–Crippen MR) is 137 cm³/mol. The van der Waals surface area contributed by atoms with Crippen molar-refractivity contribution < 1.29 is 18.0 Å². The van der Waals surface area contributed by atoms with E-state index in [9.17, 15) is 18.0 Å². The maximum Gasteiger partial charge on any atom is 0.242 e. The minimum atomic E-state index is -3.62. The van der Waals surface area contributed by atoms with Crippen molar-refractivity contribution in [3.8, 4) is 0 Å². The summed E-state index contributed by atoms with van der Waals surface area (Å²) in [5, 5.41) is 3.64. The third-order valence-electron chi connectivity index (χ3n) is 6.43. The molecule has 0 saturated heterocycles. The van der Waals surface area contributed by atoms with Gasteiger partial charge in [-0.2, -0.15) is 0 Å². The number of nitrogens with one attached hydrogen (secondary N) is 1. The molecule has 0 radical (unpaired) electrons. The number of rotatable bonds is 11. The topological polar surface area (TPSA) is 86.8 Å². The van der Waals surface area contributed by atoms with E-state index < -0.39 is 16.1 Å². The fourth-order valence-electron chi connectivity index (χ4n) is 4.30. The van der Waals surface area contributed by atoms with Crippen molar-refractivity contribution in [1.29, 1.82) is 0 Å². The van der Waals surface area contributed by atoms with Gasteiger partial charge in [-0.25, -0.2) is 12.7 Å². The van der Waals surface area contributed by atoms with E-state index in [0.717, 1.165) is 31.2 Å². The maximum absolute atomic E-state index is 13.3. The van der Waals surface area contributed by atoms with Crippen LogP contribution in [-0.4, -0.2) is 55.1 Å². The summed E-state index contributed by atoms with van der Waals surface area (Å²) < 4.78 is 26.7. The average Bonchev–Trinajstić information content (AvgIpc) is 3.35. The number of halogens is 1. The zero-order valence-corrected chi connectivity index (χ0v) is 21.9. The van der Waals surface area contributed by atoms with Gasteiger partial charge in [0, 0.05) is 37.6 Å². The smallest absolute Gasteiger partial charge is 0.242 e. The standard InChI is InChI=1S/C26H34ClN3O4S/c1-20(26(32)28-23-12-6-7-13-23)30(19-21-10-8-11-22(27)18-21)25(31)16-9-17-29(2)35(33,34)24-14-4-3-5-15-24/h3-5,8,10-11,14-15,18,20,23H,6-7,9,12-13,16-17,19H2,1-2H3,(H,28,32)/t20-/m0/s1. The molecule has 190 valence electrons. The van der Waals surface area contributed by atoms with Gasteiger partial charge in [-0.1, -0.05) is 54.8 Å². The first-order valence-electron chi connectivity index (χ1n) is 12.0. The van der Waals surface area contributed by atoms with Crippen molar-refractivity contribution in [3.05, 3.63) is 65.2 Å². The van der Waals surface area contributed by atoms with E-state index in [0.29, 0.717) is 11.4 Å². The van der Waals surface area contributed by atoms with Crippen LogP contribution in [0.15, 0.2) is 59.5 Å². The van der Waals surface area contributed by atoms with Crippen LogP contribution in [0.1, 0.15) is 51.0 Å². The molecule has 3 rings (SSSR count). The summed E-state index contributed by atoms with van der Waals surface area (Å²) >= 11 is 6.13. The lowest BCUT2D eigenvalue weighted by atomic mass is 10.1. The third kappa shape index (κ3) is 7.53. The summed E-state index contributed by atoms with van der Waals surface area (Å²) in [6.45, 7) is 2.17. The first kappa shape index (κ1) is 27.2. The first-order valence-corrected chi connectivity index (χ1v) is 13.9. The number of hydrogen-bond acceptors (Lipinski definition) is 4. The molecular weight excluding hydrogens is 486 g/mol. The van der Waals surface area contributed by atoms with Crippen molar-refractivity contribution in [2.45, 2.75) is 69.0 Å². The fourth-order valence-corrected chi connectivity index (χ4v) is 5.74. The second-order valence-corrected chi connectivity index (χ2v) is 11.5. The molecule has 1 aliphatic rings. The van der Waals surface area contributed by atoms with Crippen molar-refractivity contribution in [3.63, 3.8) is 0 Å². The summed E-state index contributed by atoms with van der Waals surface area (Å²) in [5.41, 5.74) is 0.829. The number of carbonyl (C=O) groups is 2. The maximum atomic E-state index is 13.3. The Morgan fingerprint density at radius 1 is 1.09 bits per heavy atom. The molecule has 9 heteroatoms. The van der Waals surface area contributed by atoms with E-state index in [4.69, 9.17) is 11.6 Å². The number of nitrogens with zero attached hydrogens (tertiary/aromatic N) is 2. The minimum Gasteiger partial charge on any atom is -0.352 e. The van der Waals surface area contributed by atoms with Gasteiger partial charge in [0.2, 0.25) is 21.8 Å². The summed E-state index contributed by atoms with van der Waals surface area (Å²) in [7, 11) is -2.12. The second kappa shape index (κ2) is 12.5. The van der Waals surface area contributed by atoms with E-state index in [1.165, 1.54) is 11.4 Å². The molecular formula is C26H34ClN3O4S. The molecule has 35 heavy (non-hydrogen) atoms. The minimum absolute atomic E-state index is 0.121. The molecule has 0 aliphatic heterocycles. The molecule has 1 aliphatic carbocycles. The highest BCUT2D eigenvalue weighted by atomic mass is 35.5. The van der Waals surface area contributed by atoms with Crippen molar-refractivity contribution in [2.24, 2.45) is 0 Å². The highest BCUT2D eigenvalue weighted by Gasteiger charge is 2.29. The average molecular weight is 520 g/mol. The van der Waals surface area contributed by atoms with Gasteiger partial charge in [0.25, 0.3) is 0 Å². The molecule has 2 amide bonds.